The van der Waals surface area contributed by atoms with Crippen molar-refractivity contribution < 1.29 is 28.7 Å². The molecule has 0 saturated carbocycles. The molecule has 4 heterocycles. The number of aliphatic imine (C=N–C) groups is 1. The Hall–Kier alpha value is -5.98. The molecule has 4 aromatic rings. The number of methoxy groups -OCH3 is 2. The highest BCUT2D eigenvalue weighted by atomic mass is 16.5. The number of carbonyl (C=O) groups excluding carboxylic acids is 4. The largest absolute Gasteiger partial charge is 0.453 e. The van der Waals surface area contributed by atoms with Gasteiger partial charge in [-0.2, -0.15) is 0 Å². The lowest BCUT2D eigenvalue weighted by atomic mass is 9.94. The van der Waals surface area contributed by atoms with Gasteiger partial charge in [0, 0.05) is 30.9 Å². The summed E-state index contributed by atoms with van der Waals surface area (Å²) in [7, 11) is 2.60. The zero-order valence-corrected chi connectivity index (χ0v) is 36.7. The van der Waals surface area contributed by atoms with Crippen LogP contribution in [0.3, 0.4) is 0 Å². The molecule has 61 heavy (non-hydrogen) atoms. The Balaban J connectivity index is 1.02. The number of alkyl carbamates (subject to hydrolysis) is 2. The molecule has 0 aliphatic carbocycles. The van der Waals surface area contributed by atoms with E-state index in [1.807, 2.05) is 50.5 Å². The monoisotopic (exact) mass is 829 g/mol. The minimum absolute atomic E-state index is 0.0959. The molecular weight excluding hydrogens is 771 g/mol. The van der Waals surface area contributed by atoms with Crippen molar-refractivity contribution in [3.63, 3.8) is 0 Å². The number of aromatic nitrogens is 2. The van der Waals surface area contributed by atoms with Crippen molar-refractivity contribution >= 4 is 46.3 Å². The number of hydrogen-bond acceptors (Lipinski definition) is 8. The lowest BCUT2D eigenvalue weighted by Gasteiger charge is -2.31. The van der Waals surface area contributed by atoms with Gasteiger partial charge in [-0.25, -0.2) is 14.6 Å². The maximum Gasteiger partial charge on any atom is 0.407 e. The molecule has 3 aliphatic rings. The molecular formula is C48H59N7O6. The third kappa shape index (κ3) is 9.06. The molecule has 2 saturated heterocycles. The summed E-state index contributed by atoms with van der Waals surface area (Å²) in [5.74, 6) is 0.894. The third-order valence-electron chi connectivity index (χ3n) is 12.5. The Morgan fingerprint density at radius 1 is 0.689 bits per heavy atom. The number of aromatic amines is 1. The maximum atomic E-state index is 13.8. The summed E-state index contributed by atoms with van der Waals surface area (Å²) in [6.45, 7) is 15.2. The summed E-state index contributed by atoms with van der Waals surface area (Å²) in [5.41, 5.74) is 10.3. The van der Waals surface area contributed by atoms with Crippen LogP contribution in [0.4, 0.5) is 9.59 Å². The van der Waals surface area contributed by atoms with Gasteiger partial charge >= 0.3 is 12.2 Å². The van der Waals surface area contributed by atoms with E-state index in [9.17, 15) is 19.2 Å². The highest BCUT2D eigenvalue weighted by Crippen LogP contribution is 2.38. The number of hydrogen-bond donors (Lipinski definition) is 3. The number of benzene rings is 3. The molecule has 2 fully saturated rings. The van der Waals surface area contributed by atoms with Gasteiger partial charge < -0.3 is 34.9 Å². The van der Waals surface area contributed by atoms with Gasteiger partial charge in [0.2, 0.25) is 11.8 Å². The minimum Gasteiger partial charge on any atom is -0.453 e. The SMILES string of the molecule is COC(=O)N[C@H](C(=O)N1C[C@@H](C)CC1c1nc2ccc(-c3ccc(-c4ccc(C5=C(C)N=C([C@@H]6C[C@H](C)CN6C(=O)[C@@H](NC(=O)OC)C(C)C)C5)cc4)cc3)cc2[nH]1)C(C)C. The second-order valence-electron chi connectivity index (χ2n) is 17.8. The first kappa shape index (κ1) is 43.1. The van der Waals surface area contributed by atoms with Gasteiger partial charge in [-0.3, -0.25) is 14.6 Å². The molecule has 13 nitrogen and oxygen atoms in total. The van der Waals surface area contributed by atoms with Gasteiger partial charge in [-0.05, 0) is 89.0 Å². The van der Waals surface area contributed by atoms with Gasteiger partial charge in [0.1, 0.15) is 17.9 Å². The molecule has 0 spiro atoms. The van der Waals surface area contributed by atoms with Crippen LogP contribution in [0, 0.1) is 23.7 Å². The summed E-state index contributed by atoms with van der Waals surface area (Å²) < 4.78 is 9.61. The number of likely N-dealkylation sites (tertiary alicyclic amines) is 2. The van der Waals surface area contributed by atoms with Gasteiger partial charge in [-0.1, -0.05) is 96.1 Å². The van der Waals surface area contributed by atoms with E-state index in [0.717, 1.165) is 74.5 Å². The second kappa shape index (κ2) is 17.9. The van der Waals surface area contributed by atoms with Crippen LogP contribution in [-0.2, 0) is 19.1 Å². The first-order valence-electron chi connectivity index (χ1n) is 21.4. The Morgan fingerprint density at radius 3 is 1.66 bits per heavy atom. The van der Waals surface area contributed by atoms with Crippen LogP contribution in [0.15, 0.2) is 77.4 Å². The lowest BCUT2D eigenvalue weighted by Crippen LogP contribution is -2.53. The number of imidazole rings is 1. The topological polar surface area (TPSA) is 158 Å². The first-order chi connectivity index (χ1) is 29.1. The van der Waals surface area contributed by atoms with Crippen molar-refractivity contribution in [3.05, 3.63) is 83.8 Å². The van der Waals surface area contributed by atoms with E-state index in [-0.39, 0.29) is 41.7 Å². The number of nitrogens with zero attached hydrogens (tertiary/aromatic N) is 4. The van der Waals surface area contributed by atoms with Crippen LogP contribution < -0.4 is 10.6 Å². The summed E-state index contributed by atoms with van der Waals surface area (Å²) in [6.07, 6.45) is 1.04. The summed E-state index contributed by atoms with van der Waals surface area (Å²) in [4.78, 5) is 69.0. The molecule has 7 rings (SSSR count). The van der Waals surface area contributed by atoms with E-state index < -0.39 is 24.3 Å². The van der Waals surface area contributed by atoms with Crippen LogP contribution in [0.25, 0.3) is 38.9 Å². The zero-order chi connectivity index (χ0) is 43.7. The second-order valence-corrected chi connectivity index (χ2v) is 17.8. The van der Waals surface area contributed by atoms with E-state index in [1.54, 1.807) is 0 Å². The number of fused-ring (bicyclic) bond motifs is 1. The summed E-state index contributed by atoms with van der Waals surface area (Å²) in [6, 6.07) is 21.6. The van der Waals surface area contributed by atoms with Gasteiger partial charge in [-0.15, -0.1) is 0 Å². The van der Waals surface area contributed by atoms with Crippen molar-refractivity contribution in [1.82, 2.24) is 30.4 Å². The summed E-state index contributed by atoms with van der Waals surface area (Å²) >= 11 is 0. The normalized spacial score (nSPS) is 21.3. The van der Waals surface area contributed by atoms with E-state index >= 15 is 0 Å². The highest BCUT2D eigenvalue weighted by molar-refractivity contribution is 6.05. The minimum atomic E-state index is -0.699. The molecule has 3 aliphatic heterocycles. The smallest absolute Gasteiger partial charge is 0.407 e. The average molecular weight is 830 g/mol. The predicted octanol–water partition coefficient (Wildman–Crippen LogP) is 8.38. The Bertz CT molecular complexity index is 2350. The molecule has 0 bridgehead atoms. The molecule has 0 radical (unpaired) electrons. The van der Waals surface area contributed by atoms with E-state index in [4.69, 9.17) is 19.5 Å². The molecule has 322 valence electrons. The quantitative estimate of drug-likeness (QED) is 0.137. The number of allylic oxidation sites excluding steroid dienone is 2. The summed E-state index contributed by atoms with van der Waals surface area (Å²) in [5, 5.41) is 5.47. The van der Waals surface area contributed by atoms with E-state index in [0.29, 0.717) is 25.4 Å². The number of amides is 4. The van der Waals surface area contributed by atoms with Crippen molar-refractivity contribution in [1.29, 1.82) is 0 Å². The van der Waals surface area contributed by atoms with Crippen LogP contribution in [0.5, 0.6) is 0 Å². The lowest BCUT2D eigenvalue weighted by molar-refractivity contribution is -0.136. The molecule has 13 heteroatoms. The van der Waals surface area contributed by atoms with Crippen molar-refractivity contribution in [2.24, 2.45) is 28.7 Å². The molecule has 3 N–H and O–H groups in total. The Morgan fingerprint density at radius 2 is 1.15 bits per heavy atom. The van der Waals surface area contributed by atoms with Crippen molar-refractivity contribution in [2.45, 2.75) is 91.9 Å². The van der Waals surface area contributed by atoms with Crippen LogP contribution in [-0.4, -0.2) is 94.9 Å². The fraction of sp³-hybridized carbons (Fsp3) is 0.458. The third-order valence-corrected chi connectivity index (χ3v) is 12.5. The van der Waals surface area contributed by atoms with Crippen molar-refractivity contribution in [2.75, 3.05) is 27.3 Å². The number of carbonyl (C=O) groups is 4. The fourth-order valence-electron chi connectivity index (χ4n) is 9.13. The number of H-pyrrole nitrogens is 1. The van der Waals surface area contributed by atoms with Crippen LogP contribution in [0.1, 0.15) is 85.2 Å². The van der Waals surface area contributed by atoms with Gasteiger partial charge in [0.15, 0.2) is 0 Å². The maximum absolute atomic E-state index is 13.8. The first-order valence-corrected chi connectivity index (χ1v) is 21.4. The van der Waals surface area contributed by atoms with E-state index in [1.165, 1.54) is 14.2 Å². The fourth-order valence-corrected chi connectivity index (χ4v) is 9.13. The zero-order valence-electron chi connectivity index (χ0n) is 36.7. The molecule has 1 unspecified atom stereocenters. The Kier molecular flexibility index (Phi) is 12.7. The van der Waals surface area contributed by atoms with Gasteiger partial charge in [0.25, 0.3) is 0 Å². The average Bonchev–Trinajstić information content (AvgIpc) is 4.05. The standard InChI is InChI=1S/C48H59N7O6/c1-26(2)42(52-47(58)60-8)45(56)54-24-28(5)20-40(54)39-23-36(30(7)49-39)34-16-14-32(15-17-34)31-10-12-33(13-11-31)35-18-19-37-38(22-35)51-44(50-37)41-21-29(6)25-55(41)46(57)43(27(3)4)53-48(59)61-9/h10-19,22,26-29,40-43H,20-21,23-25H2,1-9H3,(H,50,51)(H,52,58)(H,53,59)/t28-,29-,40-,41?,42-,43-/m0/s1. The van der Waals surface area contributed by atoms with Crippen LogP contribution >= 0.6 is 0 Å². The molecule has 6 atom stereocenters. The Labute approximate surface area is 358 Å². The molecule has 3 aromatic carbocycles. The highest BCUT2D eigenvalue weighted by Gasteiger charge is 2.42. The van der Waals surface area contributed by atoms with Crippen molar-refractivity contribution in [3.8, 4) is 22.3 Å². The number of rotatable bonds is 11. The number of nitrogens with one attached hydrogen (secondary N) is 3. The van der Waals surface area contributed by atoms with Crippen LogP contribution in [0.2, 0.25) is 0 Å². The predicted molar refractivity (Wildman–Crippen MR) is 237 cm³/mol. The van der Waals surface area contributed by atoms with Gasteiger partial charge in [0.05, 0.1) is 37.3 Å². The number of ether oxygens (including phenoxy) is 2. The molecule has 4 amide bonds. The van der Waals surface area contributed by atoms with E-state index in [2.05, 4.69) is 90.1 Å². The molecule has 1 aromatic heterocycles.